The summed E-state index contributed by atoms with van der Waals surface area (Å²) in [6.45, 7) is 2.10. The summed E-state index contributed by atoms with van der Waals surface area (Å²) in [6.07, 6.45) is -3.80. The molecule has 1 atom stereocenters. The fourth-order valence-corrected chi connectivity index (χ4v) is 3.05. The maximum atomic E-state index is 12.1. The van der Waals surface area contributed by atoms with Gasteiger partial charge in [-0.05, 0) is 54.3 Å². The van der Waals surface area contributed by atoms with Crippen molar-refractivity contribution >= 4 is 11.8 Å². The number of benzene rings is 2. The Morgan fingerprint density at radius 2 is 1.82 bits per heavy atom. The molecule has 0 spiro atoms. The predicted octanol–water partition coefficient (Wildman–Crippen LogP) is 4.45. The van der Waals surface area contributed by atoms with Crippen molar-refractivity contribution in [2.24, 2.45) is 0 Å². The van der Waals surface area contributed by atoms with E-state index in [1.165, 1.54) is 29.8 Å². The van der Waals surface area contributed by atoms with Gasteiger partial charge in [0.1, 0.15) is 5.75 Å². The highest BCUT2D eigenvalue weighted by molar-refractivity contribution is 5.84. The first-order valence-corrected chi connectivity index (χ1v) is 8.98. The Kier molecular flexibility index (Phi) is 6.41. The third-order valence-corrected chi connectivity index (χ3v) is 4.47. The highest BCUT2D eigenvalue weighted by atomic mass is 19.4. The summed E-state index contributed by atoms with van der Waals surface area (Å²) in [5.41, 5.74) is 2.62. The van der Waals surface area contributed by atoms with Crippen LogP contribution in [0.5, 0.6) is 5.75 Å². The van der Waals surface area contributed by atoms with Crippen LogP contribution in [0.3, 0.4) is 0 Å². The topological polar surface area (TPSA) is 59.6 Å². The molecule has 1 amide bonds. The number of alkyl halides is 3. The van der Waals surface area contributed by atoms with Crippen molar-refractivity contribution in [1.82, 2.24) is 5.32 Å². The summed E-state index contributed by atoms with van der Waals surface area (Å²) in [4.78, 5) is 11.9. The summed E-state index contributed by atoms with van der Waals surface area (Å²) < 4.78 is 45.3. The van der Waals surface area contributed by atoms with Crippen molar-refractivity contribution in [1.29, 1.82) is 0 Å². The second kappa shape index (κ2) is 8.97. The van der Waals surface area contributed by atoms with Gasteiger partial charge < -0.3 is 14.8 Å². The zero-order valence-corrected chi connectivity index (χ0v) is 15.1. The largest absolute Gasteiger partial charge is 0.573 e. The van der Waals surface area contributed by atoms with Gasteiger partial charge in [-0.1, -0.05) is 24.3 Å². The van der Waals surface area contributed by atoms with Crippen LogP contribution in [-0.2, 0) is 11.2 Å². The van der Waals surface area contributed by atoms with Crippen LogP contribution in [-0.4, -0.2) is 32.2 Å². The molecule has 2 aromatic rings. The van der Waals surface area contributed by atoms with E-state index in [-0.39, 0.29) is 12.4 Å². The second-order valence-electron chi connectivity index (χ2n) is 6.51. The quantitative estimate of drug-likeness (QED) is 0.760. The van der Waals surface area contributed by atoms with E-state index in [4.69, 9.17) is 4.74 Å². The van der Waals surface area contributed by atoms with Crippen LogP contribution in [0.4, 0.5) is 23.7 Å². The number of hydrogen-bond donors (Lipinski definition) is 2. The molecule has 0 aromatic heterocycles. The smallest absolute Gasteiger partial charge is 0.449 e. The third-order valence-electron chi connectivity index (χ3n) is 4.47. The molecular weight excluding hydrogens is 373 g/mol. The SMILES string of the molecule is O=C(Nc1ccc([C@H]2CCNC2)cc1)OCCc1ccc(OC(F)(F)F)cc1. The Bertz CT molecular complexity index is 771. The van der Waals surface area contributed by atoms with Gasteiger partial charge in [0.25, 0.3) is 0 Å². The molecule has 3 rings (SSSR count). The van der Waals surface area contributed by atoms with Crippen molar-refractivity contribution in [3.8, 4) is 5.75 Å². The molecule has 0 aliphatic carbocycles. The van der Waals surface area contributed by atoms with Gasteiger partial charge in [0.15, 0.2) is 0 Å². The Morgan fingerprint density at radius 1 is 1.11 bits per heavy atom. The van der Waals surface area contributed by atoms with E-state index < -0.39 is 12.5 Å². The molecule has 0 saturated carbocycles. The third kappa shape index (κ3) is 6.16. The molecule has 0 radical (unpaired) electrons. The van der Waals surface area contributed by atoms with Crippen LogP contribution in [0.2, 0.25) is 0 Å². The van der Waals surface area contributed by atoms with Crippen LogP contribution < -0.4 is 15.4 Å². The molecule has 150 valence electrons. The molecule has 1 heterocycles. The summed E-state index contributed by atoms with van der Waals surface area (Å²) >= 11 is 0. The number of rotatable bonds is 6. The minimum Gasteiger partial charge on any atom is -0.449 e. The first-order valence-electron chi connectivity index (χ1n) is 8.98. The van der Waals surface area contributed by atoms with Gasteiger partial charge in [0.2, 0.25) is 0 Å². The van der Waals surface area contributed by atoms with Gasteiger partial charge in [0.05, 0.1) is 6.61 Å². The van der Waals surface area contributed by atoms with Gasteiger partial charge >= 0.3 is 12.5 Å². The minimum absolute atomic E-state index is 0.108. The standard InChI is InChI=1S/C20H21F3N2O3/c21-20(22,23)28-18-7-1-14(2-8-18)10-12-27-19(26)25-17-5-3-15(4-6-17)16-9-11-24-13-16/h1-8,16,24H,9-13H2,(H,25,26)/t16-/m0/s1. The van der Waals surface area contributed by atoms with E-state index >= 15 is 0 Å². The summed E-state index contributed by atoms with van der Waals surface area (Å²) in [5.74, 6) is 0.223. The molecule has 0 unspecified atom stereocenters. The van der Waals surface area contributed by atoms with Gasteiger partial charge in [-0.25, -0.2) is 4.79 Å². The van der Waals surface area contributed by atoms with Crippen LogP contribution in [0.15, 0.2) is 48.5 Å². The van der Waals surface area contributed by atoms with Crippen molar-refractivity contribution in [2.75, 3.05) is 25.0 Å². The molecule has 28 heavy (non-hydrogen) atoms. The Balaban J connectivity index is 1.40. The lowest BCUT2D eigenvalue weighted by Crippen LogP contribution is -2.17. The number of amides is 1. The van der Waals surface area contributed by atoms with Crippen LogP contribution in [0, 0.1) is 0 Å². The number of carbonyl (C=O) groups is 1. The highest BCUT2D eigenvalue weighted by Gasteiger charge is 2.30. The van der Waals surface area contributed by atoms with E-state index in [1.807, 2.05) is 24.3 Å². The molecule has 2 aromatic carbocycles. The number of ether oxygens (including phenoxy) is 2. The van der Waals surface area contributed by atoms with Gasteiger partial charge in [0, 0.05) is 18.7 Å². The summed E-state index contributed by atoms with van der Waals surface area (Å²) in [7, 11) is 0. The Labute approximate surface area is 160 Å². The van der Waals surface area contributed by atoms with Crippen molar-refractivity contribution < 1.29 is 27.4 Å². The minimum atomic E-state index is -4.71. The van der Waals surface area contributed by atoms with Crippen molar-refractivity contribution in [3.05, 3.63) is 59.7 Å². The van der Waals surface area contributed by atoms with Crippen LogP contribution >= 0.6 is 0 Å². The lowest BCUT2D eigenvalue weighted by atomic mass is 9.98. The van der Waals surface area contributed by atoms with Crippen LogP contribution in [0.1, 0.15) is 23.5 Å². The first kappa shape index (κ1) is 20.0. The lowest BCUT2D eigenvalue weighted by molar-refractivity contribution is -0.274. The lowest BCUT2D eigenvalue weighted by Gasteiger charge is -2.11. The number of hydrogen-bond acceptors (Lipinski definition) is 4. The molecular formula is C20H21F3N2O3. The van der Waals surface area contributed by atoms with E-state index in [1.54, 1.807) is 0 Å². The van der Waals surface area contributed by atoms with Gasteiger partial charge in [-0.3, -0.25) is 5.32 Å². The summed E-state index contributed by atoms with van der Waals surface area (Å²) in [6, 6.07) is 13.1. The average Bonchev–Trinajstić information content (AvgIpc) is 3.17. The highest BCUT2D eigenvalue weighted by Crippen LogP contribution is 2.24. The average molecular weight is 394 g/mol. The maximum Gasteiger partial charge on any atom is 0.573 e. The van der Waals surface area contributed by atoms with Crippen molar-refractivity contribution in [3.63, 3.8) is 0 Å². The van der Waals surface area contributed by atoms with E-state index in [2.05, 4.69) is 15.4 Å². The zero-order chi connectivity index (χ0) is 20.0. The molecule has 0 bridgehead atoms. The van der Waals surface area contributed by atoms with E-state index in [0.29, 0.717) is 18.0 Å². The monoisotopic (exact) mass is 394 g/mol. The van der Waals surface area contributed by atoms with E-state index in [0.717, 1.165) is 25.1 Å². The number of carbonyl (C=O) groups excluding carboxylic acids is 1. The number of anilines is 1. The predicted molar refractivity (Wildman–Crippen MR) is 98.5 cm³/mol. The Morgan fingerprint density at radius 3 is 2.43 bits per heavy atom. The molecule has 8 heteroatoms. The summed E-state index contributed by atoms with van der Waals surface area (Å²) in [5, 5.41) is 5.98. The molecule has 1 aliphatic heterocycles. The fraction of sp³-hybridized carbons (Fsp3) is 0.350. The normalized spacial score (nSPS) is 16.6. The fourth-order valence-electron chi connectivity index (χ4n) is 3.05. The van der Waals surface area contributed by atoms with Crippen LogP contribution in [0.25, 0.3) is 0 Å². The first-order chi connectivity index (χ1) is 13.4. The molecule has 5 nitrogen and oxygen atoms in total. The van der Waals surface area contributed by atoms with E-state index in [9.17, 15) is 18.0 Å². The maximum absolute atomic E-state index is 12.1. The molecule has 2 N–H and O–H groups in total. The number of halogens is 3. The van der Waals surface area contributed by atoms with Gasteiger partial charge in [-0.15, -0.1) is 13.2 Å². The molecule has 1 saturated heterocycles. The zero-order valence-electron chi connectivity index (χ0n) is 15.1. The second-order valence-corrected chi connectivity index (χ2v) is 6.51. The van der Waals surface area contributed by atoms with Crippen molar-refractivity contribution in [2.45, 2.75) is 25.1 Å². The number of nitrogens with one attached hydrogen (secondary N) is 2. The van der Waals surface area contributed by atoms with Gasteiger partial charge in [-0.2, -0.15) is 0 Å². The Hall–Kier alpha value is -2.74. The molecule has 1 aliphatic rings. The molecule has 1 fully saturated rings.